The van der Waals surface area contributed by atoms with Crippen molar-refractivity contribution in [1.82, 2.24) is 18.7 Å². The third kappa shape index (κ3) is 2.10. The smallest absolute Gasteiger partial charge is 0.313 e. The van der Waals surface area contributed by atoms with Crippen LogP contribution in [0.2, 0.25) is 0 Å². The maximum atomic E-state index is 12.1. The number of imidazole rings is 1. The van der Waals surface area contributed by atoms with Crippen LogP contribution in [0.3, 0.4) is 0 Å². The zero-order valence-electron chi connectivity index (χ0n) is 11.5. The van der Waals surface area contributed by atoms with Gasteiger partial charge in [0.1, 0.15) is 11.5 Å². The summed E-state index contributed by atoms with van der Waals surface area (Å²) in [6.07, 6.45) is 0. The third-order valence-electron chi connectivity index (χ3n) is 3.09. The number of nitrogens with zero attached hydrogens (tertiary/aromatic N) is 4. The Labute approximate surface area is 115 Å². The predicted molar refractivity (Wildman–Crippen MR) is 74.6 cm³/mol. The van der Waals surface area contributed by atoms with E-state index in [9.17, 15) is 9.59 Å². The molecule has 0 aliphatic carbocycles. The molecule has 2 aromatic heterocycles. The molecule has 0 bridgehead atoms. The van der Waals surface area contributed by atoms with Crippen LogP contribution in [0, 0.1) is 5.92 Å². The van der Waals surface area contributed by atoms with Gasteiger partial charge in [-0.25, -0.2) is 9.78 Å². The first-order chi connectivity index (χ1) is 8.88. The quantitative estimate of drug-likeness (QED) is 0.784. The molecule has 0 amide bonds. The van der Waals surface area contributed by atoms with Crippen molar-refractivity contribution in [1.29, 1.82) is 0 Å². The molecule has 7 heteroatoms. The lowest BCUT2D eigenvalue weighted by atomic mass is 10.2. The van der Waals surface area contributed by atoms with Gasteiger partial charge in [-0.15, -0.1) is 11.6 Å². The zero-order chi connectivity index (χ0) is 14.3. The van der Waals surface area contributed by atoms with Gasteiger partial charge in [0.25, 0.3) is 5.56 Å². The minimum Gasteiger partial charge on any atom is -0.313 e. The first kappa shape index (κ1) is 13.9. The van der Waals surface area contributed by atoms with Crippen LogP contribution >= 0.6 is 11.6 Å². The largest absolute Gasteiger partial charge is 0.332 e. The highest BCUT2D eigenvalue weighted by Gasteiger charge is 2.18. The fraction of sp³-hybridized carbons (Fsp3) is 0.583. The van der Waals surface area contributed by atoms with Crippen LogP contribution in [0.1, 0.15) is 19.7 Å². The molecule has 19 heavy (non-hydrogen) atoms. The molecule has 0 unspecified atom stereocenters. The van der Waals surface area contributed by atoms with Gasteiger partial charge in [0.05, 0.1) is 5.88 Å². The Hall–Kier alpha value is -1.56. The molecule has 0 spiro atoms. The van der Waals surface area contributed by atoms with Gasteiger partial charge in [-0.1, -0.05) is 13.8 Å². The highest BCUT2D eigenvalue weighted by Crippen LogP contribution is 2.15. The van der Waals surface area contributed by atoms with E-state index in [0.717, 1.165) is 4.57 Å². The molecule has 0 saturated heterocycles. The summed E-state index contributed by atoms with van der Waals surface area (Å²) >= 11 is 5.89. The molecule has 0 radical (unpaired) electrons. The van der Waals surface area contributed by atoms with Crippen molar-refractivity contribution in [3.63, 3.8) is 0 Å². The summed E-state index contributed by atoms with van der Waals surface area (Å²) in [5.74, 6) is 1.18. The Kier molecular flexibility index (Phi) is 3.54. The first-order valence-corrected chi connectivity index (χ1v) is 6.63. The summed E-state index contributed by atoms with van der Waals surface area (Å²) in [5.41, 5.74) is 0.0915. The highest BCUT2D eigenvalue weighted by atomic mass is 35.5. The van der Waals surface area contributed by atoms with Crippen LogP contribution < -0.4 is 11.2 Å². The van der Waals surface area contributed by atoms with Gasteiger partial charge in [0.15, 0.2) is 5.52 Å². The summed E-state index contributed by atoms with van der Waals surface area (Å²) in [7, 11) is 3.09. The van der Waals surface area contributed by atoms with Crippen LogP contribution in [0.5, 0.6) is 0 Å². The minimum absolute atomic E-state index is 0.207. The van der Waals surface area contributed by atoms with E-state index in [1.165, 1.54) is 11.6 Å². The lowest BCUT2D eigenvalue weighted by Gasteiger charge is -2.12. The average Bonchev–Trinajstić information content (AvgIpc) is 2.71. The Morgan fingerprint density at radius 2 is 1.84 bits per heavy atom. The molecule has 0 atom stereocenters. The third-order valence-corrected chi connectivity index (χ3v) is 3.32. The molecule has 2 aromatic rings. The number of aromatic nitrogens is 4. The van der Waals surface area contributed by atoms with E-state index >= 15 is 0 Å². The average molecular weight is 285 g/mol. The van der Waals surface area contributed by atoms with Crippen molar-refractivity contribution < 1.29 is 0 Å². The monoisotopic (exact) mass is 284 g/mol. The maximum Gasteiger partial charge on any atom is 0.332 e. The van der Waals surface area contributed by atoms with Gasteiger partial charge in [0.2, 0.25) is 0 Å². The van der Waals surface area contributed by atoms with Crippen molar-refractivity contribution in [2.45, 2.75) is 26.3 Å². The fourth-order valence-electron chi connectivity index (χ4n) is 2.19. The molecular formula is C12H17ClN4O2. The van der Waals surface area contributed by atoms with Gasteiger partial charge >= 0.3 is 5.69 Å². The minimum atomic E-state index is -0.382. The summed E-state index contributed by atoms with van der Waals surface area (Å²) in [4.78, 5) is 28.4. The van der Waals surface area contributed by atoms with Crippen molar-refractivity contribution in [3.8, 4) is 0 Å². The number of hydrogen-bond acceptors (Lipinski definition) is 3. The molecular weight excluding hydrogens is 268 g/mol. The number of alkyl halides is 1. The van der Waals surface area contributed by atoms with Crippen LogP contribution in [0.15, 0.2) is 9.59 Å². The normalized spacial score (nSPS) is 11.7. The number of aryl methyl sites for hydroxylation is 1. The summed E-state index contributed by atoms with van der Waals surface area (Å²) < 4.78 is 4.37. The molecule has 0 aliphatic rings. The molecule has 0 saturated carbocycles. The van der Waals surface area contributed by atoms with Crippen LogP contribution in [-0.2, 0) is 26.5 Å². The first-order valence-electron chi connectivity index (χ1n) is 6.09. The predicted octanol–water partition coefficient (Wildman–Crippen LogP) is 0.828. The van der Waals surface area contributed by atoms with Crippen molar-refractivity contribution in [3.05, 3.63) is 26.7 Å². The second kappa shape index (κ2) is 4.85. The van der Waals surface area contributed by atoms with Crippen molar-refractivity contribution >= 4 is 22.8 Å². The van der Waals surface area contributed by atoms with Gasteiger partial charge in [0, 0.05) is 20.6 Å². The van der Waals surface area contributed by atoms with Gasteiger partial charge in [-0.05, 0) is 5.92 Å². The fourth-order valence-corrected chi connectivity index (χ4v) is 2.40. The van der Waals surface area contributed by atoms with Gasteiger partial charge in [-0.2, -0.15) is 0 Å². The molecule has 0 aromatic carbocycles. The van der Waals surface area contributed by atoms with E-state index in [-0.39, 0.29) is 17.1 Å². The van der Waals surface area contributed by atoms with E-state index < -0.39 is 0 Å². The van der Waals surface area contributed by atoms with Crippen LogP contribution in [0.25, 0.3) is 11.2 Å². The number of fused-ring (bicyclic) bond motifs is 1. The molecule has 2 heterocycles. The number of rotatable bonds is 3. The second-order valence-electron chi connectivity index (χ2n) is 5.04. The van der Waals surface area contributed by atoms with E-state index in [2.05, 4.69) is 18.8 Å². The molecule has 6 nitrogen and oxygen atoms in total. The highest BCUT2D eigenvalue weighted by molar-refractivity contribution is 6.16. The Bertz CT molecular complexity index is 739. The lowest BCUT2D eigenvalue weighted by molar-refractivity contribution is 0.514. The van der Waals surface area contributed by atoms with Crippen LogP contribution in [0.4, 0.5) is 0 Å². The van der Waals surface area contributed by atoms with E-state index in [0.29, 0.717) is 29.5 Å². The standard InChI is InChI=1S/C12H17ClN4O2/c1-7(2)6-17-8(5-13)14-9-10(17)15(3)12(19)16(4)11(9)18/h7H,5-6H2,1-4H3. The Morgan fingerprint density at radius 1 is 1.21 bits per heavy atom. The SMILES string of the molecule is CC(C)Cn1c(CCl)nc2c(=O)n(C)c(=O)n(C)c21. The molecule has 104 valence electrons. The van der Waals surface area contributed by atoms with Crippen molar-refractivity contribution in [2.24, 2.45) is 20.0 Å². The summed E-state index contributed by atoms with van der Waals surface area (Å²) in [5, 5.41) is 0. The van der Waals surface area contributed by atoms with E-state index in [4.69, 9.17) is 11.6 Å². The maximum absolute atomic E-state index is 12.1. The zero-order valence-corrected chi connectivity index (χ0v) is 12.2. The summed E-state index contributed by atoms with van der Waals surface area (Å²) in [6.45, 7) is 4.78. The molecule has 0 N–H and O–H groups in total. The Balaban J connectivity index is 2.95. The van der Waals surface area contributed by atoms with Crippen LogP contribution in [-0.4, -0.2) is 18.7 Å². The summed E-state index contributed by atoms with van der Waals surface area (Å²) in [6, 6.07) is 0. The van der Waals surface area contributed by atoms with Crippen molar-refractivity contribution in [2.75, 3.05) is 0 Å². The molecule has 0 fully saturated rings. The molecule has 0 aliphatic heterocycles. The second-order valence-corrected chi connectivity index (χ2v) is 5.31. The van der Waals surface area contributed by atoms with Gasteiger partial charge < -0.3 is 4.57 Å². The number of hydrogen-bond donors (Lipinski definition) is 0. The number of halogens is 1. The Morgan fingerprint density at radius 3 is 2.37 bits per heavy atom. The lowest BCUT2D eigenvalue weighted by Crippen LogP contribution is -2.37. The molecule has 2 rings (SSSR count). The van der Waals surface area contributed by atoms with Gasteiger partial charge in [-0.3, -0.25) is 13.9 Å². The van der Waals surface area contributed by atoms with E-state index in [1.54, 1.807) is 7.05 Å². The topological polar surface area (TPSA) is 61.8 Å². The van der Waals surface area contributed by atoms with E-state index in [1.807, 2.05) is 4.57 Å².